The minimum Gasteiger partial charge on any atom is -0.383 e. The van der Waals surface area contributed by atoms with E-state index in [1.807, 2.05) is 18.2 Å². The molecule has 0 atom stereocenters. The Hall–Kier alpha value is -3.09. The molecule has 7 nitrogen and oxygen atoms in total. The number of imidazole rings is 1. The Kier molecular flexibility index (Phi) is 4.33. The summed E-state index contributed by atoms with van der Waals surface area (Å²) in [6, 6.07) is 9.07. The first-order chi connectivity index (χ1) is 11.6. The first kappa shape index (κ1) is 15.8. The minimum absolute atomic E-state index is 0.149. The van der Waals surface area contributed by atoms with E-state index in [4.69, 9.17) is 0 Å². The molecule has 3 rings (SSSR count). The van der Waals surface area contributed by atoms with Gasteiger partial charge in [-0.3, -0.25) is 18.9 Å². The fourth-order valence-corrected chi connectivity index (χ4v) is 2.71. The summed E-state index contributed by atoms with van der Waals surface area (Å²) in [7, 11) is 3.37. The fourth-order valence-electron chi connectivity index (χ4n) is 2.71. The third-order valence-corrected chi connectivity index (χ3v) is 3.95. The summed E-state index contributed by atoms with van der Waals surface area (Å²) in [6.07, 6.45) is 3.41. The molecule has 0 aliphatic rings. The number of carbonyl (C=O) groups is 1. The van der Waals surface area contributed by atoms with Crippen LogP contribution in [-0.4, -0.2) is 33.1 Å². The quantitative estimate of drug-likeness (QED) is 0.689. The van der Waals surface area contributed by atoms with Crippen LogP contribution in [0.25, 0.3) is 11.0 Å². The number of hydrogen-bond acceptors (Lipinski definition) is 4. The number of anilines is 1. The van der Waals surface area contributed by atoms with Crippen molar-refractivity contribution < 1.29 is 4.79 Å². The van der Waals surface area contributed by atoms with E-state index in [-0.39, 0.29) is 11.6 Å². The van der Waals surface area contributed by atoms with Gasteiger partial charge >= 0.3 is 5.69 Å². The van der Waals surface area contributed by atoms with Crippen LogP contribution >= 0.6 is 0 Å². The predicted octanol–water partition coefficient (Wildman–Crippen LogP) is 1.11. The second-order valence-electron chi connectivity index (χ2n) is 5.49. The molecule has 0 fully saturated rings. The number of fused-ring (bicyclic) bond motifs is 1. The molecule has 3 aromatic rings. The number of aryl methyl sites for hydroxylation is 2. The molecule has 0 saturated carbocycles. The lowest BCUT2D eigenvalue weighted by molar-refractivity contribution is 0.0956. The van der Waals surface area contributed by atoms with Crippen molar-refractivity contribution in [2.45, 2.75) is 0 Å². The third-order valence-electron chi connectivity index (χ3n) is 3.95. The monoisotopic (exact) mass is 325 g/mol. The van der Waals surface area contributed by atoms with Gasteiger partial charge in [-0.1, -0.05) is 6.07 Å². The van der Waals surface area contributed by atoms with E-state index in [1.165, 1.54) is 9.13 Å². The van der Waals surface area contributed by atoms with Gasteiger partial charge < -0.3 is 10.6 Å². The molecule has 24 heavy (non-hydrogen) atoms. The number of hydrogen-bond donors (Lipinski definition) is 2. The zero-order valence-electron chi connectivity index (χ0n) is 13.6. The Morgan fingerprint density at radius 3 is 2.58 bits per heavy atom. The lowest BCUT2D eigenvalue weighted by Gasteiger charge is -2.09. The Labute approximate surface area is 138 Å². The highest BCUT2D eigenvalue weighted by Crippen LogP contribution is 2.16. The molecule has 2 N–H and O–H groups in total. The molecule has 0 spiro atoms. The summed E-state index contributed by atoms with van der Waals surface area (Å²) in [5.74, 6) is -0.196. The summed E-state index contributed by atoms with van der Waals surface area (Å²) >= 11 is 0. The molecule has 2 heterocycles. The van der Waals surface area contributed by atoms with Crippen LogP contribution in [0.1, 0.15) is 10.4 Å². The van der Waals surface area contributed by atoms with Crippen LogP contribution in [0, 0.1) is 0 Å². The number of rotatable bonds is 5. The molecule has 0 saturated heterocycles. The van der Waals surface area contributed by atoms with Crippen molar-refractivity contribution in [2.75, 3.05) is 18.4 Å². The molecule has 0 aliphatic carbocycles. The van der Waals surface area contributed by atoms with E-state index >= 15 is 0 Å². The summed E-state index contributed by atoms with van der Waals surface area (Å²) < 4.78 is 3.04. The maximum Gasteiger partial charge on any atom is 0.328 e. The average molecular weight is 325 g/mol. The van der Waals surface area contributed by atoms with E-state index in [9.17, 15) is 9.59 Å². The number of nitrogens with zero attached hydrogens (tertiary/aromatic N) is 3. The van der Waals surface area contributed by atoms with Crippen molar-refractivity contribution in [1.29, 1.82) is 0 Å². The Morgan fingerprint density at radius 1 is 1.08 bits per heavy atom. The largest absolute Gasteiger partial charge is 0.383 e. The fraction of sp³-hybridized carbons (Fsp3) is 0.235. The van der Waals surface area contributed by atoms with Gasteiger partial charge in [-0.25, -0.2) is 4.79 Å². The van der Waals surface area contributed by atoms with Crippen LogP contribution < -0.4 is 16.3 Å². The summed E-state index contributed by atoms with van der Waals surface area (Å²) in [5, 5.41) is 6.07. The number of amides is 1. The van der Waals surface area contributed by atoms with Crippen LogP contribution in [0.5, 0.6) is 0 Å². The normalized spacial score (nSPS) is 10.8. The maximum absolute atomic E-state index is 12.5. The summed E-state index contributed by atoms with van der Waals surface area (Å²) in [6.45, 7) is 1.07. The number of para-hydroxylation sites is 1. The molecule has 7 heteroatoms. The van der Waals surface area contributed by atoms with Gasteiger partial charge in [0.1, 0.15) is 0 Å². The second-order valence-corrected chi connectivity index (χ2v) is 5.49. The first-order valence-corrected chi connectivity index (χ1v) is 7.66. The van der Waals surface area contributed by atoms with Crippen molar-refractivity contribution in [2.24, 2.45) is 14.1 Å². The standard InChI is InChI=1S/C17H19N5O2/c1-21-14-5-3-4-13(15(14)22(2)17(21)24)16(23)20-11-10-19-12-6-8-18-9-7-12/h3-9H,10-11H2,1-2H3,(H,18,19)(H,20,23). The van der Waals surface area contributed by atoms with Gasteiger partial charge in [-0.15, -0.1) is 0 Å². The number of nitrogens with one attached hydrogen (secondary N) is 2. The topological polar surface area (TPSA) is 81.0 Å². The van der Waals surface area contributed by atoms with Crippen LogP contribution in [-0.2, 0) is 14.1 Å². The third kappa shape index (κ3) is 2.88. The van der Waals surface area contributed by atoms with Gasteiger partial charge in [0.25, 0.3) is 5.91 Å². The lowest BCUT2D eigenvalue weighted by atomic mass is 10.1. The highest BCUT2D eigenvalue weighted by molar-refractivity contribution is 6.05. The second kappa shape index (κ2) is 6.57. The van der Waals surface area contributed by atoms with Crippen LogP contribution in [0.4, 0.5) is 5.69 Å². The van der Waals surface area contributed by atoms with Gasteiger partial charge in [0, 0.05) is 45.3 Å². The smallest absolute Gasteiger partial charge is 0.328 e. The molecule has 0 radical (unpaired) electrons. The zero-order valence-corrected chi connectivity index (χ0v) is 13.6. The van der Waals surface area contributed by atoms with Crippen LogP contribution in [0.2, 0.25) is 0 Å². The van der Waals surface area contributed by atoms with Crippen molar-refractivity contribution in [3.8, 4) is 0 Å². The van der Waals surface area contributed by atoms with Crippen molar-refractivity contribution in [3.63, 3.8) is 0 Å². The number of aromatic nitrogens is 3. The van der Waals surface area contributed by atoms with E-state index in [0.717, 1.165) is 11.2 Å². The van der Waals surface area contributed by atoms with Gasteiger partial charge in [-0.05, 0) is 24.3 Å². The highest BCUT2D eigenvalue weighted by Gasteiger charge is 2.16. The minimum atomic E-state index is -0.196. The van der Waals surface area contributed by atoms with Gasteiger partial charge in [0.2, 0.25) is 0 Å². The van der Waals surface area contributed by atoms with Crippen molar-refractivity contribution in [1.82, 2.24) is 19.4 Å². The summed E-state index contributed by atoms with van der Waals surface area (Å²) in [5.41, 5.74) is 2.68. The van der Waals surface area contributed by atoms with E-state index in [2.05, 4.69) is 15.6 Å². The number of pyridine rings is 1. The molecule has 0 bridgehead atoms. The maximum atomic E-state index is 12.5. The van der Waals surface area contributed by atoms with Crippen LogP contribution in [0.3, 0.4) is 0 Å². The molecular formula is C17H19N5O2. The molecule has 0 aliphatic heterocycles. The van der Waals surface area contributed by atoms with E-state index in [0.29, 0.717) is 24.2 Å². The van der Waals surface area contributed by atoms with Gasteiger partial charge in [0.05, 0.1) is 16.6 Å². The summed E-state index contributed by atoms with van der Waals surface area (Å²) in [4.78, 5) is 28.5. The molecule has 2 aromatic heterocycles. The van der Waals surface area contributed by atoms with E-state index in [1.54, 1.807) is 38.6 Å². The van der Waals surface area contributed by atoms with Crippen molar-refractivity contribution >= 4 is 22.6 Å². The highest BCUT2D eigenvalue weighted by atomic mass is 16.2. The molecular weight excluding hydrogens is 306 g/mol. The molecule has 1 aromatic carbocycles. The Bertz CT molecular complexity index is 927. The average Bonchev–Trinajstić information content (AvgIpc) is 2.84. The molecule has 0 unspecified atom stereocenters. The SMILES string of the molecule is Cn1c(=O)n(C)c2c(C(=O)NCCNc3ccncc3)cccc21. The molecule has 124 valence electrons. The van der Waals surface area contributed by atoms with Gasteiger partial charge in [0.15, 0.2) is 0 Å². The van der Waals surface area contributed by atoms with Crippen LogP contribution in [0.15, 0.2) is 47.5 Å². The number of benzene rings is 1. The van der Waals surface area contributed by atoms with Crippen molar-refractivity contribution in [3.05, 3.63) is 58.8 Å². The Balaban J connectivity index is 1.71. The molecule has 1 amide bonds. The number of carbonyl (C=O) groups excluding carboxylic acids is 1. The lowest BCUT2D eigenvalue weighted by Crippen LogP contribution is -2.29. The zero-order chi connectivity index (χ0) is 17.1. The predicted molar refractivity (Wildman–Crippen MR) is 93.2 cm³/mol. The first-order valence-electron chi connectivity index (χ1n) is 7.66. The van der Waals surface area contributed by atoms with E-state index < -0.39 is 0 Å². The van der Waals surface area contributed by atoms with Gasteiger partial charge in [-0.2, -0.15) is 0 Å². The Morgan fingerprint density at radius 2 is 1.83 bits per heavy atom.